The number of nitrogens with one attached hydrogen (secondary N) is 2. The third kappa shape index (κ3) is 2.54. The van der Waals surface area contributed by atoms with E-state index in [1.807, 2.05) is 14.0 Å². The van der Waals surface area contributed by atoms with E-state index >= 15 is 0 Å². The molecule has 5 nitrogen and oxygen atoms in total. The molecule has 0 bridgehead atoms. The van der Waals surface area contributed by atoms with Crippen LogP contribution in [0.15, 0.2) is 6.20 Å². The molecule has 0 saturated carbocycles. The summed E-state index contributed by atoms with van der Waals surface area (Å²) in [7, 11) is 1.84. The lowest BCUT2D eigenvalue weighted by atomic mass is 10.2. The molecule has 1 atom stereocenters. The van der Waals surface area contributed by atoms with Crippen LogP contribution in [0.5, 0.6) is 0 Å². The maximum atomic E-state index is 11.8. The molecule has 2 N–H and O–H groups in total. The Morgan fingerprint density at radius 3 is 2.94 bits per heavy atom. The maximum absolute atomic E-state index is 11.8. The van der Waals surface area contributed by atoms with E-state index < -0.39 is 0 Å². The van der Waals surface area contributed by atoms with Gasteiger partial charge in [0.1, 0.15) is 0 Å². The van der Waals surface area contributed by atoms with Crippen molar-refractivity contribution in [3.05, 3.63) is 17.5 Å². The fourth-order valence-electron chi connectivity index (χ4n) is 1.76. The van der Waals surface area contributed by atoms with Crippen LogP contribution in [-0.2, 0) is 7.05 Å². The number of carbonyl (C=O) groups excluding carboxylic acids is 1. The summed E-state index contributed by atoms with van der Waals surface area (Å²) in [5, 5.41) is 10.3. The Labute approximate surface area is 101 Å². The number of hydrogen-bond acceptors (Lipinski definition) is 3. The first kappa shape index (κ1) is 13.0. The number of hydrogen-bond donors (Lipinski definition) is 2. The minimum absolute atomic E-state index is 0. The van der Waals surface area contributed by atoms with Crippen LogP contribution in [0.4, 0.5) is 0 Å². The van der Waals surface area contributed by atoms with Gasteiger partial charge in [0, 0.05) is 25.3 Å². The van der Waals surface area contributed by atoms with Crippen LogP contribution < -0.4 is 10.6 Å². The molecular formula is C10H17ClN4O. The number of halogens is 1. The molecule has 0 aromatic carbocycles. The number of carbonyl (C=O) groups is 1. The Morgan fingerprint density at radius 2 is 2.44 bits per heavy atom. The van der Waals surface area contributed by atoms with E-state index in [9.17, 15) is 4.79 Å². The van der Waals surface area contributed by atoms with E-state index in [0.29, 0.717) is 5.56 Å². The predicted octanol–water partition coefficient (Wildman–Crippen LogP) is 0.242. The Hall–Kier alpha value is -1.07. The van der Waals surface area contributed by atoms with Gasteiger partial charge in [-0.3, -0.25) is 9.48 Å². The van der Waals surface area contributed by atoms with Gasteiger partial charge in [-0.1, -0.05) is 0 Å². The highest BCUT2D eigenvalue weighted by molar-refractivity contribution is 5.95. The van der Waals surface area contributed by atoms with Crippen molar-refractivity contribution in [3.63, 3.8) is 0 Å². The molecule has 1 aromatic heterocycles. The first-order chi connectivity index (χ1) is 7.18. The Morgan fingerprint density at radius 1 is 1.69 bits per heavy atom. The smallest absolute Gasteiger partial charge is 0.255 e. The SMILES string of the molecule is Cc1c(C(=O)NC2CCNC2)cnn1C.Cl. The molecule has 6 heteroatoms. The van der Waals surface area contributed by atoms with E-state index in [1.54, 1.807) is 10.9 Å². The van der Waals surface area contributed by atoms with Gasteiger partial charge < -0.3 is 10.6 Å². The average Bonchev–Trinajstić information content (AvgIpc) is 2.79. The fourth-order valence-corrected chi connectivity index (χ4v) is 1.76. The monoisotopic (exact) mass is 244 g/mol. The van der Waals surface area contributed by atoms with Gasteiger partial charge in [0.15, 0.2) is 0 Å². The molecule has 1 amide bonds. The molecule has 1 unspecified atom stereocenters. The Kier molecular flexibility index (Phi) is 4.32. The third-order valence-corrected chi connectivity index (χ3v) is 2.88. The van der Waals surface area contributed by atoms with Crippen molar-refractivity contribution in [2.75, 3.05) is 13.1 Å². The highest BCUT2D eigenvalue weighted by Crippen LogP contribution is 2.06. The summed E-state index contributed by atoms with van der Waals surface area (Å²) in [4.78, 5) is 11.8. The van der Waals surface area contributed by atoms with Crippen LogP contribution in [-0.4, -0.2) is 34.8 Å². The van der Waals surface area contributed by atoms with Gasteiger partial charge in [0.25, 0.3) is 5.91 Å². The largest absolute Gasteiger partial charge is 0.348 e. The zero-order chi connectivity index (χ0) is 10.8. The lowest BCUT2D eigenvalue weighted by Crippen LogP contribution is -2.36. The van der Waals surface area contributed by atoms with Crippen LogP contribution in [0.2, 0.25) is 0 Å². The van der Waals surface area contributed by atoms with Crippen LogP contribution >= 0.6 is 12.4 Å². The molecular weight excluding hydrogens is 228 g/mol. The van der Waals surface area contributed by atoms with Crippen LogP contribution in [0, 0.1) is 6.92 Å². The number of amides is 1. The quantitative estimate of drug-likeness (QED) is 0.784. The van der Waals surface area contributed by atoms with Crippen molar-refractivity contribution in [2.45, 2.75) is 19.4 Å². The van der Waals surface area contributed by atoms with Gasteiger partial charge in [-0.05, 0) is 19.9 Å². The van der Waals surface area contributed by atoms with Crippen LogP contribution in [0.25, 0.3) is 0 Å². The summed E-state index contributed by atoms with van der Waals surface area (Å²) >= 11 is 0. The maximum Gasteiger partial charge on any atom is 0.255 e. The molecule has 2 heterocycles. The minimum atomic E-state index is -0.0192. The lowest BCUT2D eigenvalue weighted by molar-refractivity contribution is 0.0939. The second-order valence-corrected chi connectivity index (χ2v) is 3.93. The zero-order valence-corrected chi connectivity index (χ0v) is 10.3. The molecule has 16 heavy (non-hydrogen) atoms. The van der Waals surface area contributed by atoms with Gasteiger partial charge >= 0.3 is 0 Å². The van der Waals surface area contributed by atoms with Crippen LogP contribution in [0.1, 0.15) is 22.5 Å². The molecule has 1 aliphatic heterocycles. The highest BCUT2D eigenvalue weighted by atomic mass is 35.5. The molecule has 0 aliphatic carbocycles. The summed E-state index contributed by atoms with van der Waals surface area (Å²) in [6, 6.07) is 0.261. The van der Waals surface area contributed by atoms with Crippen molar-refractivity contribution >= 4 is 18.3 Å². The summed E-state index contributed by atoms with van der Waals surface area (Å²) in [6.45, 7) is 3.75. The van der Waals surface area contributed by atoms with Crippen molar-refractivity contribution in [1.82, 2.24) is 20.4 Å². The van der Waals surface area contributed by atoms with E-state index in [-0.39, 0.29) is 24.4 Å². The second-order valence-electron chi connectivity index (χ2n) is 3.93. The van der Waals surface area contributed by atoms with Gasteiger partial charge in [0.05, 0.1) is 11.8 Å². The summed E-state index contributed by atoms with van der Waals surface area (Å²) < 4.78 is 1.71. The van der Waals surface area contributed by atoms with Gasteiger partial charge in [-0.15, -0.1) is 12.4 Å². The summed E-state index contributed by atoms with van der Waals surface area (Å²) in [6.07, 6.45) is 2.62. The Balaban J connectivity index is 0.00000128. The molecule has 1 fully saturated rings. The fraction of sp³-hybridized carbons (Fsp3) is 0.600. The van der Waals surface area contributed by atoms with E-state index in [4.69, 9.17) is 0 Å². The summed E-state index contributed by atoms with van der Waals surface area (Å²) in [5.74, 6) is -0.0192. The Bertz CT molecular complexity index is 371. The average molecular weight is 245 g/mol. The van der Waals surface area contributed by atoms with Crippen molar-refractivity contribution < 1.29 is 4.79 Å². The van der Waals surface area contributed by atoms with E-state index in [0.717, 1.165) is 25.2 Å². The van der Waals surface area contributed by atoms with Crippen molar-refractivity contribution in [3.8, 4) is 0 Å². The molecule has 90 valence electrons. The summed E-state index contributed by atoms with van der Waals surface area (Å²) in [5.41, 5.74) is 1.57. The van der Waals surface area contributed by atoms with Crippen molar-refractivity contribution in [1.29, 1.82) is 0 Å². The normalized spacial score (nSPS) is 19.2. The number of rotatable bonds is 2. The molecule has 1 saturated heterocycles. The first-order valence-corrected chi connectivity index (χ1v) is 5.18. The first-order valence-electron chi connectivity index (χ1n) is 5.18. The van der Waals surface area contributed by atoms with Crippen molar-refractivity contribution in [2.24, 2.45) is 7.05 Å². The van der Waals surface area contributed by atoms with Gasteiger partial charge in [-0.25, -0.2) is 0 Å². The van der Waals surface area contributed by atoms with Gasteiger partial charge in [0.2, 0.25) is 0 Å². The number of aromatic nitrogens is 2. The lowest BCUT2D eigenvalue weighted by Gasteiger charge is -2.10. The molecule has 1 aliphatic rings. The van der Waals surface area contributed by atoms with Crippen LogP contribution in [0.3, 0.4) is 0 Å². The third-order valence-electron chi connectivity index (χ3n) is 2.88. The minimum Gasteiger partial charge on any atom is -0.348 e. The van der Waals surface area contributed by atoms with E-state index in [1.165, 1.54) is 0 Å². The zero-order valence-electron chi connectivity index (χ0n) is 9.49. The molecule has 2 rings (SSSR count). The second kappa shape index (κ2) is 5.32. The molecule has 0 spiro atoms. The number of aryl methyl sites for hydroxylation is 1. The number of nitrogens with zero attached hydrogens (tertiary/aromatic N) is 2. The molecule has 1 aromatic rings. The standard InChI is InChI=1S/C10H16N4O.ClH/c1-7-9(6-12-14(7)2)10(15)13-8-3-4-11-5-8;/h6,8,11H,3-5H2,1-2H3,(H,13,15);1H. The highest BCUT2D eigenvalue weighted by Gasteiger charge is 2.19. The predicted molar refractivity (Wildman–Crippen MR) is 63.9 cm³/mol. The van der Waals surface area contributed by atoms with Gasteiger partial charge in [-0.2, -0.15) is 5.10 Å². The van der Waals surface area contributed by atoms with E-state index in [2.05, 4.69) is 15.7 Å². The molecule has 0 radical (unpaired) electrons. The topological polar surface area (TPSA) is 59.0 Å².